The predicted octanol–water partition coefficient (Wildman–Crippen LogP) is 0.728. The first-order valence-electron chi connectivity index (χ1n) is 4.78. The number of nitrogens with one attached hydrogen (secondary N) is 1. The topological polar surface area (TPSA) is 66.4 Å². The van der Waals surface area contributed by atoms with E-state index < -0.39 is 27.2 Å². The summed E-state index contributed by atoms with van der Waals surface area (Å²) >= 11 is 1.22. The first-order valence-corrected chi connectivity index (χ1v) is 7.89. The number of carbonyl (C=O) groups excluding carboxylic acids is 1. The van der Waals surface area contributed by atoms with Gasteiger partial charge >= 0.3 is 101 Å². The Labute approximate surface area is 101 Å². The van der Waals surface area contributed by atoms with Crippen LogP contribution in [0.1, 0.15) is 26.2 Å². The third kappa shape index (κ3) is 7.85. The zero-order chi connectivity index (χ0) is 11.7. The molecule has 0 aliphatic carbocycles. The third-order valence-corrected chi connectivity index (χ3v) is 4.07. The van der Waals surface area contributed by atoms with Crippen LogP contribution >= 0.6 is 11.8 Å². The van der Waals surface area contributed by atoms with Gasteiger partial charge < -0.3 is 0 Å². The summed E-state index contributed by atoms with van der Waals surface area (Å²) in [5.41, 5.74) is 0. The molecule has 0 aromatic rings. The second-order valence-corrected chi connectivity index (χ2v) is 5.88. The van der Waals surface area contributed by atoms with Gasteiger partial charge in [0.25, 0.3) is 0 Å². The number of hydrogen-bond acceptors (Lipinski definition) is 4. The molecule has 0 aromatic heterocycles. The zero-order valence-electron chi connectivity index (χ0n) is 8.99. The normalized spacial score (nSPS) is 12.4. The first kappa shape index (κ1) is 15.0. The van der Waals surface area contributed by atoms with E-state index in [0.717, 1.165) is 12.2 Å². The number of thioether (sulfide) groups is 1. The maximum atomic E-state index is 11.2. The Morgan fingerprint density at radius 2 is 2.20 bits per heavy atom. The van der Waals surface area contributed by atoms with Crippen molar-refractivity contribution in [2.24, 2.45) is 0 Å². The van der Waals surface area contributed by atoms with E-state index in [0.29, 0.717) is 12.8 Å². The molecule has 4 nitrogen and oxygen atoms in total. The van der Waals surface area contributed by atoms with Crippen LogP contribution in [-0.4, -0.2) is 49.0 Å². The summed E-state index contributed by atoms with van der Waals surface area (Å²) in [5, 5.41) is 8.87. The van der Waals surface area contributed by atoms with Crippen molar-refractivity contribution in [3.05, 3.63) is 0 Å². The van der Waals surface area contributed by atoms with Crippen LogP contribution in [0.5, 0.6) is 0 Å². The number of rotatable bonds is 9. The molecule has 6 heteroatoms. The van der Waals surface area contributed by atoms with Crippen LogP contribution in [0, 0.1) is 0 Å². The van der Waals surface area contributed by atoms with Gasteiger partial charge in [-0.1, -0.05) is 0 Å². The summed E-state index contributed by atoms with van der Waals surface area (Å²) in [6, 6.07) is -0.571. The number of carboxylic acid groups (broad SMARTS) is 1. The van der Waals surface area contributed by atoms with Gasteiger partial charge in [0.05, 0.1) is 0 Å². The average molecular weight is 298 g/mol. The second-order valence-electron chi connectivity index (χ2n) is 3.01. The number of carboxylic acids is 1. The van der Waals surface area contributed by atoms with Gasteiger partial charge in [-0.05, 0) is 0 Å². The molecular formula is C9H17NO3SSe. The van der Waals surface area contributed by atoms with Gasteiger partial charge in [0.2, 0.25) is 0 Å². The van der Waals surface area contributed by atoms with Gasteiger partial charge in [-0.15, -0.1) is 0 Å². The number of carbonyl (C=O) groups is 2. The number of aliphatic carboxylic acids is 1. The summed E-state index contributed by atoms with van der Waals surface area (Å²) in [6.45, 7) is 1.94. The molecule has 0 radical (unpaired) electrons. The molecule has 0 aliphatic heterocycles. The van der Waals surface area contributed by atoms with Crippen LogP contribution in [0.3, 0.4) is 0 Å². The van der Waals surface area contributed by atoms with Crippen molar-refractivity contribution < 1.29 is 14.7 Å². The van der Waals surface area contributed by atoms with E-state index in [1.165, 1.54) is 0 Å². The Bertz CT molecular complexity index is 212. The molecule has 0 amide bonds. The molecule has 15 heavy (non-hydrogen) atoms. The van der Waals surface area contributed by atoms with Crippen LogP contribution in [0.4, 0.5) is 0 Å². The maximum absolute atomic E-state index is 11.2. The SMILES string of the molecule is CCCC(=O)[Se]NC(CCSC)C(=O)O. The molecule has 0 heterocycles. The Morgan fingerprint density at radius 1 is 1.53 bits per heavy atom. The summed E-state index contributed by atoms with van der Waals surface area (Å²) < 4.78 is 2.98. The summed E-state index contributed by atoms with van der Waals surface area (Å²) in [5.74, 6) is -0.0719. The molecule has 0 saturated heterocycles. The van der Waals surface area contributed by atoms with Gasteiger partial charge in [-0.2, -0.15) is 0 Å². The molecular weight excluding hydrogens is 281 g/mol. The van der Waals surface area contributed by atoms with Crippen molar-refractivity contribution in [3.8, 4) is 0 Å². The van der Waals surface area contributed by atoms with E-state index in [1.54, 1.807) is 11.8 Å². The van der Waals surface area contributed by atoms with E-state index in [1.807, 2.05) is 13.2 Å². The fourth-order valence-corrected chi connectivity index (χ4v) is 3.01. The Hall–Kier alpha value is -0.0305. The summed E-state index contributed by atoms with van der Waals surface area (Å²) in [4.78, 5) is 22.0. The van der Waals surface area contributed by atoms with E-state index in [9.17, 15) is 9.59 Å². The molecule has 2 N–H and O–H groups in total. The predicted molar refractivity (Wildman–Crippen MR) is 63.2 cm³/mol. The molecule has 0 spiro atoms. The van der Waals surface area contributed by atoms with Gasteiger partial charge in [0.1, 0.15) is 0 Å². The van der Waals surface area contributed by atoms with Crippen molar-refractivity contribution in [2.75, 3.05) is 12.0 Å². The zero-order valence-corrected chi connectivity index (χ0v) is 11.5. The molecule has 0 aromatic carbocycles. The molecule has 1 unspecified atom stereocenters. The van der Waals surface area contributed by atoms with E-state index in [4.69, 9.17) is 5.11 Å². The molecule has 88 valence electrons. The minimum atomic E-state index is -0.866. The molecule has 1 atom stereocenters. The standard InChI is InChI=1S/C9H17NO3SSe/c1-3-4-8(11)15-10-7(9(12)13)5-6-14-2/h7,10H,3-6H2,1-2H3,(H,12,13). The van der Waals surface area contributed by atoms with Crippen LogP contribution in [0.2, 0.25) is 0 Å². The Morgan fingerprint density at radius 3 is 2.67 bits per heavy atom. The molecule has 0 rings (SSSR count). The summed E-state index contributed by atoms with van der Waals surface area (Å²) in [7, 11) is 0. The fraction of sp³-hybridized carbons (Fsp3) is 0.778. The minimum absolute atomic E-state index is 0.139. The average Bonchev–Trinajstić information content (AvgIpc) is 2.17. The van der Waals surface area contributed by atoms with Crippen LogP contribution < -0.4 is 4.33 Å². The van der Waals surface area contributed by atoms with E-state index in [2.05, 4.69) is 4.33 Å². The van der Waals surface area contributed by atoms with Gasteiger partial charge in [0.15, 0.2) is 0 Å². The molecule has 0 fully saturated rings. The van der Waals surface area contributed by atoms with Crippen molar-refractivity contribution in [1.82, 2.24) is 4.33 Å². The molecule has 0 bridgehead atoms. The first-order chi connectivity index (χ1) is 7.11. The van der Waals surface area contributed by atoms with Crippen LogP contribution in [0.15, 0.2) is 0 Å². The second kappa shape index (κ2) is 9.21. The van der Waals surface area contributed by atoms with Crippen molar-refractivity contribution >= 4 is 37.6 Å². The fourth-order valence-electron chi connectivity index (χ4n) is 0.861. The van der Waals surface area contributed by atoms with Gasteiger partial charge in [0, 0.05) is 0 Å². The van der Waals surface area contributed by atoms with Crippen LogP contribution in [0.25, 0.3) is 0 Å². The number of hydrogen-bond donors (Lipinski definition) is 2. The van der Waals surface area contributed by atoms with Gasteiger partial charge in [-0.25, -0.2) is 0 Å². The Balaban J connectivity index is 3.85. The van der Waals surface area contributed by atoms with E-state index in [-0.39, 0.29) is 4.68 Å². The van der Waals surface area contributed by atoms with Crippen LogP contribution in [-0.2, 0) is 9.59 Å². The third-order valence-electron chi connectivity index (χ3n) is 1.68. The van der Waals surface area contributed by atoms with Crippen molar-refractivity contribution in [3.63, 3.8) is 0 Å². The monoisotopic (exact) mass is 299 g/mol. The Kier molecular flexibility index (Phi) is 9.20. The molecule has 0 saturated carbocycles. The van der Waals surface area contributed by atoms with E-state index >= 15 is 0 Å². The quantitative estimate of drug-likeness (QED) is 0.614. The van der Waals surface area contributed by atoms with Crippen molar-refractivity contribution in [1.29, 1.82) is 0 Å². The van der Waals surface area contributed by atoms with Gasteiger partial charge in [-0.3, -0.25) is 0 Å². The van der Waals surface area contributed by atoms with Crippen molar-refractivity contribution in [2.45, 2.75) is 32.2 Å². The summed E-state index contributed by atoms with van der Waals surface area (Å²) in [6.07, 6.45) is 3.87. The molecule has 0 aliphatic rings.